The van der Waals surface area contributed by atoms with Gasteiger partial charge in [0.05, 0.1) is 16.5 Å². The summed E-state index contributed by atoms with van der Waals surface area (Å²) in [7, 11) is 0. The van der Waals surface area contributed by atoms with Crippen molar-refractivity contribution in [2.45, 2.75) is 37.8 Å². The zero-order valence-corrected chi connectivity index (χ0v) is 17.6. The van der Waals surface area contributed by atoms with Crippen LogP contribution in [0.15, 0.2) is 42.9 Å². The molecule has 6 nitrogen and oxygen atoms in total. The molecule has 0 unspecified atom stereocenters. The van der Waals surface area contributed by atoms with Gasteiger partial charge in [0, 0.05) is 17.3 Å². The Bertz CT molecular complexity index is 1120. The minimum atomic E-state index is -0.326. The quantitative estimate of drug-likeness (QED) is 0.559. The highest BCUT2D eigenvalue weighted by atomic mass is 35.5. The van der Waals surface area contributed by atoms with Crippen LogP contribution < -0.4 is 5.32 Å². The molecular weight excluding hydrogens is 420 g/mol. The van der Waals surface area contributed by atoms with Crippen molar-refractivity contribution in [3.05, 3.63) is 74.3 Å². The molecule has 1 aromatic carbocycles. The van der Waals surface area contributed by atoms with Crippen LogP contribution in [0.5, 0.6) is 0 Å². The molecule has 4 rings (SSSR count). The predicted octanol–water partition coefficient (Wildman–Crippen LogP) is 4.21. The minimum Gasteiger partial charge on any atom is -0.393 e. The lowest BCUT2D eigenvalue weighted by Gasteiger charge is -2.14. The first-order valence-electron chi connectivity index (χ1n) is 9.60. The first-order valence-corrected chi connectivity index (χ1v) is 10.8. The standard InChI is InChI=1S/C22H19ClN4O2S/c23-15-3-1-2-13(7-15)6-14-8-19(30-20(14)10-24)21(29)18-11-25-12-26-22(18)27-16-4-5-17(28)9-16/h1-3,7-8,11-12,16-17,28H,4-6,9H2,(H,25,26,27)/t16-,17+/m1/s1. The van der Waals surface area contributed by atoms with Gasteiger partial charge >= 0.3 is 0 Å². The number of nitriles is 1. The molecule has 2 aromatic heterocycles. The molecule has 0 saturated heterocycles. The van der Waals surface area contributed by atoms with Crippen molar-refractivity contribution in [1.82, 2.24) is 9.97 Å². The monoisotopic (exact) mass is 438 g/mol. The molecule has 2 heterocycles. The van der Waals surface area contributed by atoms with E-state index < -0.39 is 0 Å². The lowest BCUT2D eigenvalue weighted by atomic mass is 10.0. The summed E-state index contributed by atoms with van der Waals surface area (Å²) in [6.07, 6.45) is 5.25. The van der Waals surface area contributed by atoms with E-state index in [2.05, 4.69) is 21.4 Å². The highest BCUT2D eigenvalue weighted by molar-refractivity contribution is 7.14. The third-order valence-corrected chi connectivity index (χ3v) is 6.44. The van der Waals surface area contributed by atoms with Crippen LogP contribution in [0, 0.1) is 11.3 Å². The summed E-state index contributed by atoms with van der Waals surface area (Å²) in [4.78, 5) is 22.4. The second kappa shape index (κ2) is 8.92. The van der Waals surface area contributed by atoms with E-state index in [0.29, 0.717) is 39.0 Å². The van der Waals surface area contributed by atoms with E-state index >= 15 is 0 Å². The molecule has 1 aliphatic carbocycles. The maximum Gasteiger partial charge on any atom is 0.208 e. The molecule has 0 spiro atoms. The molecule has 152 valence electrons. The van der Waals surface area contributed by atoms with Crippen LogP contribution in [0.4, 0.5) is 5.82 Å². The fourth-order valence-electron chi connectivity index (χ4n) is 3.66. The first-order chi connectivity index (χ1) is 14.5. The summed E-state index contributed by atoms with van der Waals surface area (Å²) in [6.45, 7) is 0. The number of carbonyl (C=O) groups excluding carboxylic acids is 1. The van der Waals surface area contributed by atoms with Gasteiger partial charge in [0.1, 0.15) is 23.1 Å². The number of nitrogens with one attached hydrogen (secondary N) is 1. The molecule has 0 radical (unpaired) electrons. The summed E-state index contributed by atoms with van der Waals surface area (Å²) >= 11 is 7.23. The van der Waals surface area contributed by atoms with Crippen molar-refractivity contribution in [2.24, 2.45) is 0 Å². The van der Waals surface area contributed by atoms with Crippen molar-refractivity contribution in [3.8, 4) is 6.07 Å². The summed E-state index contributed by atoms with van der Waals surface area (Å²) in [5.74, 6) is 0.230. The van der Waals surface area contributed by atoms with Crippen LogP contribution in [0.3, 0.4) is 0 Å². The van der Waals surface area contributed by atoms with E-state index in [0.717, 1.165) is 24.0 Å². The molecule has 3 aromatic rings. The van der Waals surface area contributed by atoms with Gasteiger partial charge in [0.25, 0.3) is 0 Å². The third-order valence-electron chi connectivity index (χ3n) is 5.12. The van der Waals surface area contributed by atoms with E-state index in [4.69, 9.17) is 11.6 Å². The molecular formula is C22H19ClN4O2S. The Morgan fingerprint density at radius 1 is 1.37 bits per heavy atom. The second-order valence-electron chi connectivity index (χ2n) is 7.31. The Kier molecular flexibility index (Phi) is 6.09. The maximum atomic E-state index is 13.2. The number of halogens is 1. The van der Waals surface area contributed by atoms with Gasteiger partial charge in [-0.25, -0.2) is 9.97 Å². The van der Waals surface area contributed by atoms with E-state index in [9.17, 15) is 15.2 Å². The smallest absolute Gasteiger partial charge is 0.208 e. The minimum absolute atomic E-state index is 0.0674. The second-order valence-corrected chi connectivity index (χ2v) is 8.79. The normalized spacial score (nSPS) is 18.2. The van der Waals surface area contributed by atoms with Crippen molar-refractivity contribution in [3.63, 3.8) is 0 Å². The van der Waals surface area contributed by atoms with Crippen LogP contribution in [0.25, 0.3) is 0 Å². The molecule has 0 bridgehead atoms. The number of aromatic nitrogens is 2. The lowest BCUT2D eigenvalue weighted by Crippen LogP contribution is -2.20. The van der Waals surface area contributed by atoms with Gasteiger partial charge in [-0.05, 0) is 55.0 Å². The molecule has 2 atom stereocenters. The van der Waals surface area contributed by atoms with Gasteiger partial charge in [-0.15, -0.1) is 11.3 Å². The van der Waals surface area contributed by atoms with Crippen LogP contribution in [0.2, 0.25) is 5.02 Å². The van der Waals surface area contributed by atoms with Crippen LogP contribution in [-0.4, -0.2) is 33.0 Å². The number of nitrogens with zero attached hydrogens (tertiary/aromatic N) is 3. The average molecular weight is 439 g/mol. The SMILES string of the molecule is N#Cc1sc(C(=O)c2cncnc2N[C@@H]2CC[C@H](O)C2)cc1Cc1cccc(Cl)c1. The number of thiophene rings is 1. The van der Waals surface area contributed by atoms with Gasteiger partial charge < -0.3 is 10.4 Å². The molecule has 2 N–H and O–H groups in total. The predicted molar refractivity (Wildman–Crippen MR) is 116 cm³/mol. The summed E-state index contributed by atoms with van der Waals surface area (Å²) in [5, 5.41) is 23.2. The third kappa shape index (κ3) is 4.51. The largest absolute Gasteiger partial charge is 0.393 e. The van der Waals surface area contributed by atoms with Crippen molar-refractivity contribution >= 4 is 34.5 Å². The molecule has 1 aliphatic rings. The van der Waals surface area contributed by atoms with Crippen LogP contribution in [-0.2, 0) is 6.42 Å². The van der Waals surface area contributed by atoms with Crippen molar-refractivity contribution in [1.29, 1.82) is 5.26 Å². The summed E-state index contributed by atoms with van der Waals surface area (Å²) in [5.41, 5.74) is 2.12. The Balaban J connectivity index is 1.60. The number of anilines is 1. The Morgan fingerprint density at radius 3 is 2.97 bits per heavy atom. The van der Waals surface area contributed by atoms with E-state index in [1.54, 1.807) is 12.1 Å². The molecule has 1 fully saturated rings. The molecule has 0 amide bonds. The van der Waals surface area contributed by atoms with Gasteiger partial charge in [-0.2, -0.15) is 5.26 Å². The van der Waals surface area contributed by atoms with Gasteiger partial charge in [-0.3, -0.25) is 4.79 Å². The van der Waals surface area contributed by atoms with Crippen molar-refractivity contribution in [2.75, 3.05) is 5.32 Å². The summed E-state index contributed by atoms with van der Waals surface area (Å²) < 4.78 is 0. The number of hydrogen-bond donors (Lipinski definition) is 2. The zero-order chi connectivity index (χ0) is 21.1. The number of ketones is 1. The maximum absolute atomic E-state index is 13.2. The Hall–Kier alpha value is -2.79. The number of aliphatic hydroxyl groups excluding tert-OH is 1. The van der Waals surface area contributed by atoms with Gasteiger partial charge in [0.15, 0.2) is 0 Å². The highest BCUT2D eigenvalue weighted by Gasteiger charge is 2.26. The van der Waals surface area contributed by atoms with Crippen molar-refractivity contribution < 1.29 is 9.90 Å². The van der Waals surface area contributed by atoms with E-state index in [1.165, 1.54) is 23.9 Å². The number of aliphatic hydroxyl groups is 1. The topological polar surface area (TPSA) is 98.9 Å². The number of rotatable bonds is 6. The van der Waals surface area contributed by atoms with Gasteiger partial charge in [0.2, 0.25) is 5.78 Å². The zero-order valence-electron chi connectivity index (χ0n) is 16.0. The number of carbonyl (C=O) groups is 1. The fourth-order valence-corrected chi connectivity index (χ4v) is 4.80. The molecule has 1 saturated carbocycles. The number of hydrogen-bond acceptors (Lipinski definition) is 7. The lowest BCUT2D eigenvalue weighted by molar-refractivity contribution is 0.104. The molecule has 0 aliphatic heterocycles. The van der Waals surface area contributed by atoms with Crippen LogP contribution in [0.1, 0.15) is 50.5 Å². The molecule has 30 heavy (non-hydrogen) atoms. The van der Waals surface area contributed by atoms with Gasteiger partial charge in [-0.1, -0.05) is 23.7 Å². The average Bonchev–Trinajstić information content (AvgIpc) is 3.33. The Labute approximate surface area is 183 Å². The summed E-state index contributed by atoms with van der Waals surface area (Å²) in [6, 6.07) is 11.5. The Morgan fingerprint density at radius 2 is 2.23 bits per heavy atom. The first kappa shape index (κ1) is 20.5. The molecule has 8 heteroatoms. The van der Waals surface area contributed by atoms with Crippen LogP contribution >= 0.6 is 22.9 Å². The van der Waals surface area contributed by atoms with E-state index in [-0.39, 0.29) is 17.9 Å². The highest BCUT2D eigenvalue weighted by Crippen LogP contribution is 2.29. The fraction of sp³-hybridized carbons (Fsp3) is 0.273. The number of benzene rings is 1. The van der Waals surface area contributed by atoms with E-state index in [1.807, 2.05) is 18.2 Å².